The first-order valence-electron chi connectivity index (χ1n) is 5.49. The summed E-state index contributed by atoms with van der Waals surface area (Å²) >= 11 is 0. The average molecular weight is 259 g/mol. The Labute approximate surface area is 102 Å². The van der Waals surface area contributed by atoms with Crippen molar-refractivity contribution in [3.8, 4) is 0 Å². The van der Waals surface area contributed by atoms with Gasteiger partial charge in [-0.3, -0.25) is 4.79 Å². The van der Waals surface area contributed by atoms with Gasteiger partial charge in [-0.15, -0.1) is 0 Å². The van der Waals surface area contributed by atoms with Crippen LogP contribution in [0.4, 0.5) is 18.9 Å². The summed E-state index contributed by atoms with van der Waals surface area (Å²) in [6.07, 6.45) is -4.06. The molecule has 6 heteroatoms. The normalized spacial score (nSPS) is 19.5. The molecule has 1 aliphatic heterocycles. The van der Waals surface area contributed by atoms with Crippen LogP contribution >= 0.6 is 0 Å². The highest BCUT2D eigenvalue weighted by Crippen LogP contribution is 2.32. The number of aliphatic carboxylic acids is 1. The van der Waals surface area contributed by atoms with Crippen LogP contribution in [0.2, 0.25) is 0 Å². The van der Waals surface area contributed by atoms with Crippen molar-refractivity contribution in [1.29, 1.82) is 0 Å². The number of alkyl halides is 3. The molecule has 1 heterocycles. The highest BCUT2D eigenvalue weighted by Gasteiger charge is 2.36. The zero-order valence-electron chi connectivity index (χ0n) is 9.44. The molecule has 1 aliphatic rings. The van der Waals surface area contributed by atoms with Gasteiger partial charge in [-0.05, 0) is 18.1 Å². The molecule has 0 fully saturated rings. The minimum atomic E-state index is -4.34. The molecule has 18 heavy (non-hydrogen) atoms. The molecule has 1 atom stereocenters. The van der Waals surface area contributed by atoms with Crippen molar-refractivity contribution in [2.24, 2.45) is 5.92 Å². The smallest absolute Gasteiger partial charge is 0.405 e. The second kappa shape index (κ2) is 4.51. The van der Waals surface area contributed by atoms with Crippen molar-refractivity contribution in [2.45, 2.75) is 12.6 Å². The summed E-state index contributed by atoms with van der Waals surface area (Å²) in [5.41, 5.74) is 1.13. The SMILES string of the molecule is O=C(O)C1Cc2ccccc2N(CC(F)(F)F)C1. The van der Waals surface area contributed by atoms with Crippen LogP contribution in [0.1, 0.15) is 5.56 Å². The lowest BCUT2D eigenvalue weighted by atomic mass is 9.92. The summed E-state index contributed by atoms with van der Waals surface area (Å²) in [6, 6.07) is 6.63. The van der Waals surface area contributed by atoms with E-state index < -0.39 is 24.6 Å². The van der Waals surface area contributed by atoms with E-state index in [1.165, 1.54) is 0 Å². The first-order valence-corrected chi connectivity index (χ1v) is 5.49. The lowest BCUT2D eigenvalue weighted by molar-refractivity contribution is -0.142. The number of benzene rings is 1. The van der Waals surface area contributed by atoms with Gasteiger partial charge in [-0.25, -0.2) is 0 Å². The van der Waals surface area contributed by atoms with Crippen LogP contribution < -0.4 is 4.90 Å². The molecule has 0 aromatic heterocycles. The molecule has 0 saturated heterocycles. The topological polar surface area (TPSA) is 40.5 Å². The molecule has 0 spiro atoms. The van der Waals surface area contributed by atoms with E-state index in [1.807, 2.05) is 0 Å². The molecule has 0 radical (unpaired) electrons. The maximum absolute atomic E-state index is 12.5. The number of fused-ring (bicyclic) bond motifs is 1. The van der Waals surface area contributed by atoms with Crippen molar-refractivity contribution in [2.75, 3.05) is 18.0 Å². The number of carboxylic acid groups (broad SMARTS) is 1. The zero-order valence-corrected chi connectivity index (χ0v) is 9.44. The molecule has 98 valence electrons. The maximum Gasteiger partial charge on any atom is 0.405 e. The quantitative estimate of drug-likeness (QED) is 0.886. The van der Waals surface area contributed by atoms with Gasteiger partial charge in [0.1, 0.15) is 6.54 Å². The number of carbonyl (C=O) groups is 1. The predicted octanol–water partition coefficient (Wildman–Crippen LogP) is 2.31. The summed E-state index contributed by atoms with van der Waals surface area (Å²) < 4.78 is 37.4. The van der Waals surface area contributed by atoms with E-state index in [9.17, 15) is 18.0 Å². The van der Waals surface area contributed by atoms with Crippen LogP contribution in [-0.4, -0.2) is 30.3 Å². The van der Waals surface area contributed by atoms with Crippen LogP contribution in [0.25, 0.3) is 0 Å². The van der Waals surface area contributed by atoms with Crippen LogP contribution in [0, 0.1) is 5.92 Å². The fourth-order valence-electron chi connectivity index (χ4n) is 2.22. The number of rotatable bonds is 2. The Hall–Kier alpha value is -1.72. The van der Waals surface area contributed by atoms with E-state index in [4.69, 9.17) is 5.11 Å². The Morgan fingerprint density at radius 3 is 2.67 bits per heavy atom. The third-order valence-electron chi connectivity index (χ3n) is 2.96. The van der Waals surface area contributed by atoms with Gasteiger partial charge < -0.3 is 10.0 Å². The van der Waals surface area contributed by atoms with Crippen molar-refractivity contribution < 1.29 is 23.1 Å². The molecule has 1 N–H and O–H groups in total. The van der Waals surface area contributed by atoms with Crippen molar-refractivity contribution >= 4 is 11.7 Å². The van der Waals surface area contributed by atoms with Gasteiger partial charge >= 0.3 is 12.1 Å². The van der Waals surface area contributed by atoms with Crippen molar-refractivity contribution in [3.05, 3.63) is 29.8 Å². The third-order valence-corrected chi connectivity index (χ3v) is 2.96. The number of nitrogens with zero attached hydrogens (tertiary/aromatic N) is 1. The van der Waals surface area contributed by atoms with Crippen LogP contribution in [0.5, 0.6) is 0 Å². The molecule has 0 bridgehead atoms. The van der Waals surface area contributed by atoms with Gasteiger partial charge in [-0.1, -0.05) is 18.2 Å². The van der Waals surface area contributed by atoms with E-state index >= 15 is 0 Å². The van der Waals surface area contributed by atoms with Crippen LogP contribution in [0.15, 0.2) is 24.3 Å². The molecule has 1 aromatic rings. The number of carboxylic acids is 1. The summed E-state index contributed by atoms with van der Waals surface area (Å²) in [5.74, 6) is -1.85. The van der Waals surface area contributed by atoms with E-state index in [-0.39, 0.29) is 13.0 Å². The number of anilines is 1. The lowest BCUT2D eigenvalue weighted by Gasteiger charge is -2.34. The van der Waals surface area contributed by atoms with Gasteiger partial charge in [0.2, 0.25) is 0 Å². The molecule has 2 rings (SSSR count). The minimum Gasteiger partial charge on any atom is -0.481 e. The first kappa shape index (κ1) is 12.7. The number of para-hydroxylation sites is 1. The monoisotopic (exact) mass is 259 g/mol. The fraction of sp³-hybridized carbons (Fsp3) is 0.417. The van der Waals surface area contributed by atoms with E-state index in [0.717, 1.165) is 4.90 Å². The van der Waals surface area contributed by atoms with Crippen molar-refractivity contribution in [3.63, 3.8) is 0 Å². The molecular weight excluding hydrogens is 247 g/mol. The Morgan fingerprint density at radius 1 is 1.39 bits per heavy atom. The van der Waals surface area contributed by atoms with Crippen molar-refractivity contribution in [1.82, 2.24) is 0 Å². The molecule has 1 unspecified atom stereocenters. The molecule has 0 saturated carbocycles. The predicted molar refractivity (Wildman–Crippen MR) is 59.5 cm³/mol. The van der Waals surface area contributed by atoms with E-state index in [0.29, 0.717) is 11.3 Å². The largest absolute Gasteiger partial charge is 0.481 e. The van der Waals surface area contributed by atoms with Crippen LogP contribution in [0.3, 0.4) is 0 Å². The number of hydrogen-bond donors (Lipinski definition) is 1. The minimum absolute atomic E-state index is 0.105. The average Bonchev–Trinajstić information content (AvgIpc) is 2.26. The van der Waals surface area contributed by atoms with E-state index in [2.05, 4.69) is 0 Å². The molecule has 0 aliphatic carbocycles. The van der Waals surface area contributed by atoms with Gasteiger partial charge in [0.15, 0.2) is 0 Å². The standard InChI is InChI=1S/C12H12F3NO2/c13-12(14,15)7-16-6-9(11(17)18)5-8-3-1-2-4-10(8)16/h1-4,9H,5-7H2,(H,17,18). The summed E-state index contributed by atoms with van der Waals surface area (Å²) in [4.78, 5) is 12.1. The Morgan fingerprint density at radius 2 is 2.06 bits per heavy atom. The highest BCUT2D eigenvalue weighted by atomic mass is 19.4. The first-order chi connectivity index (χ1) is 8.37. The van der Waals surface area contributed by atoms with E-state index in [1.54, 1.807) is 24.3 Å². The fourth-order valence-corrected chi connectivity index (χ4v) is 2.22. The highest BCUT2D eigenvalue weighted by molar-refractivity contribution is 5.73. The van der Waals surface area contributed by atoms with Gasteiger partial charge in [-0.2, -0.15) is 13.2 Å². The van der Waals surface area contributed by atoms with Crippen LogP contribution in [-0.2, 0) is 11.2 Å². The van der Waals surface area contributed by atoms with Gasteiger partial charge in [0, 0.05) is 12.2 Å². The Bertz CT molecular complexity index is 459. The lowest BCUT2D eigenvalue weighted by Crippen LogP contribution is -2.43. The number of halogens is 3. The molecule has 1 aromatic carbocycles. The summed E-state index contributed by atoms with van der Waals surface area (Å²) in [5, 5.41) is 8.97. The second-order valence-electron chi connectivity index (χ2n) is 4.36. The third kappa shape index (κ3) is 2.75. The Kier molecular flexibility index (Phi) is 3.19. The summed E-state index contributed by atoms with van der Waals surface area (Å²) in [6.45, 7) is -1.22. The van der Waals surface area contributed by atoms with Gasteiger partial charge in [0.25, 0.3) is 0 Å². The molecule has 3 nitrogen and oxygen atoms in total. The number of hydrogen-bond acceptors (Lipinski definition) is 2. The zero-order chi connectivity index (χ0) is 13.3. The summed E-state index contributed by atoms with van der Waals surface area (Å²) in [7, 11) is 0. The maximum atomic E-state index is 12.5. The Balaban J connectivity index is 2.30. The van der Waals surface area contributed by atoms with Gasteiger partial charge in [0.05, 0.1) is 5.92 Å². The second-order valence-corrected chi connectivity index (χ2v) is 4.36. The molecular formula is C12H12F3NO2. The molecule has 0 amide bonds.